The number of halogens is 1. The Kier molecular flexibility index (Phi) is 4.94. The van der Waals surface area contributed by atoms with Crippen molar-refractivity contribution in [1.82, 2.24) is 5.43 Å². The first-order valence-corrected chi connectivity index (χ1v) is 6.85. The van der Waals surface area contributed by atoms with Crippen LogP contribution in [0.3, 0.4) is 0 Å². The smallest absolute Gasteiger partial charge is 0.271 e. The highest BCUT2D eigenvalue weighted by Crippen LogP contribution is 2.25. The lowest BCUT2D eigenvalue weighted by molar-refractivity contribution is 0.0955. The van der Waals surface area contributed by atoms with Crippen molar-refractivity contribution < 1.29 is 14.6 Å². The maximum Gasteiger partial charge on any atom is 0.271 e. The van der Waals surface area contributed by atoms with Gasteiger partial charge in [0.25, 0.3) is 5.91 Å². The quantitative estimate of drug-likeness (QED) is 0.659. The average molecular weight is 349 g/mol. The fourth-order valence-corrected chi connectivity index (χ4v) is 1.88. The summed E-state index contributed by atoms with van der Waals surface area (Å²) in [6.07, 6.45) is 1.44. The maximum absolute atomic E-state index is 11.8. The lowest BCUT2D eigenvalue weighted by Gasteiger charge is -2.03. The summed E-state index contributed by atoms with van der Waals surface area (Å²) in [5, 5.41) is 13.5. The number of aromatic hydroxyl groups is 1. The first-order valence-electron chi connectivity index (χ1n) is 6.06. The zero-order valence-electron chi connectivity index (χ0n) is 11.2. The Hall–Kier alpha value is -2.34. The van der Waals surface area contributed by atoms with Crippen molar-refractivity contribution in [2.24, 2.45) is 5.10 Å². The molecule has 0 aromatic heterocycles. The molecule has 0 saturated carbocycles. The molecule has 0 aliphatic heterocycles. The van der Waals surface area contributed by atoms with Gasteiger partial charge in [-0.15, -0.1) is 0 Å². The molecule has 2 N–H and O–H groups in total. The number of phenolic OH excluding ortho intramolecular Hbond substituents is 1. The topological polar surface area (TPSA) is 70.9 Å². The van der Waals surface area contributed by atoms with Crippen LogP contribution in [-0.4, -0.2) is 24.3 Å². The summed E-state index contributed by atoms with van der Waals surface area (Å²) in [4.78, 5) is 11.8. The fourth-order valence-electron chi connectivity index (χ4n) is 1.62. The molecule has 0 aliphatic rings. The van der Waals surface area contributed by atoms with Crippen LogP contribution in [0, 0.1) is 0 Å². The molecule has 0 bridgehead atoms. The molecule has 1 amide bonds. The molecule has 0 spiro atoms. The molecule has 0 radical (unpaired) electrons. The normalized spacial score (nSPS) is 10.6. The summed E-state index contributed by atoms with van der Waals surface area (Å²) >= 11 is 3.30. The van der Waals surface area contributed by atoms with Gasteiger partial charge in [0.2, 0.25) is 0 Å². The maximum atomic E-state index is 11.8. The molecule has 0 aliphatic carbocycles. The highest BCUT2D eigenvalue weighted by Gasteiger charge is 2.03. The highest BCUT2D eigenvalue weighted by molar-refractivity contribution is 9.10. The number of ether oxygens (including phenoxy) is 1. The number of nitrogens with zero attached hydrogens (tertiary/aromatic N) is 1. The average Bonchev–Trinajstić information content (AvgIpc) is 2.48. The molecular weight excluding hydrogens is 336 g/mol. The van der Waals surface area contributed by atoms with Crippen molar-refractivity contribution in [3.63, 3.8) is 0 Å². The van der Waals surface area contributed by atoms with E-state index in [9.17, 15) is 9.90 Å². The van der Waals surface area contributed by atoms with E-state index in [1.807, 2.05) is 0 Å². The van der Waals surface area contributed by atoms with Crippen LogP contribution in [0.4, 0.5) is 0 Å². The van der Waals surface area contributed by atoms with Gasteiger partial charge in [0.15, 0.2) is 11.5 Å². The van der Waals surface area contributed by atoms with Gasteiger partial charge >= 0.3 is 0 Å². The molecule has 0 fully saturated rings. The van der Waals surface area contributed by atoms with Gasteiger partial charge in [-0.2, -0.15) is 5.10 Å². The zero-order valence-corrected chi connectivity index (χ0v) is 12.8. The number of hydrogen-bond donors (Lipinski definition) is 2. The third-order valence-electron chi connectivity index (χ3n) is 2.69. The molecule has 2 aromatic carbocycles. The number of benzene rings is 2. The number of carbonyl (C=O) groups excluding carboxylic acids is 1. The monoisotopic (exact) mass is 348 g/mol. The molecule has 2 aromatic rings. The van der Waals surface area contributed by atoms with E-state index in [4.69, 9.17) is 4.74 Å². The van der Waals surface area contributed by atoms with Gasteiger partial charge in [0, 0.05) is 10.0 Å². The van der Waals surface area contributed by atoms with Gasteiger partial charge in [-0.3, -0.25) is 4.79 Å². The van der Waals surface area contributed by atoms with Crippen molar-refractivity contribution in [2.45, 2.75) is 0 Å². The van der Waals surface area contributed by atoms with Crippen LogP contribution in [0.15, 0.2) is 52.0 Å². The van der Waals surface area contributed by atoms with E-state index in [0.29, 0.717) is 16.9 Å². The number of hydrogen-bond acceptors (Lipinski definition) is 4. The summed E-state index contributed by atoms with van der Waals surface area (Å²) in [5.41, 5.74) is 3.57. The lowest BCUT2D eigenvalue weighted by atomic mass is 10.2. The molecule has 0 heterocycles. The van der Waals surface area contributed by atoms with Gasteiger partial charge in [-0.25, -0.2) is 5.43 Å². The van der Waals surface area contributed by atoms with E-state index in [2.05, 4.69) is 26.5 Å². The molecular formula is C15H13BrN2O3. The number of rotatable bonds is 4. The first-order chi connectivity index (χ1) is 10.1. The molecule has 5 nitrogen and oxygen atoms in total. The zero-order chi connectivity index (χ0) is 15.2. The van der Waals surface area contributed by atoms with Crippen LogP contribution >= 0.6 is 15.9 Å². The van der Waals surface area contributed by atoms with E-state index in [-0.39, 0.29) is 11.7 Å². The van der Waals surface area contributed by atoms with Gasteiger partial charge in [0.1, 0.15) is 0 Å². The number of carbonyl (C=O) groups is 1. The Labute approximate surface area is 130 Å². The number of methoxy groups -OCH3 is 1. The van der Waals surface area contributed by atoms with Gasteiger partial charge in [-0.1, -0.05) is 15.9 Å². The molecule has 6 heteroatoms. The van der Waals surface area contributed by atoms with Crippen LogP contribution in [0.25, 0.3) is 0 Å². The minimum atomic E-state index is -0.309. The molecule has 2 rings (SSSR count). The van der Waals surface area contributed by atoms with Crippen LogP contribution in [0.1, 0.15) is 15.9 Å². The van der Waals surface area contributed by atoms with Crippen LogP contribution in [0.5, 0.6) is 11.5 Å². The summed E-state index contributed by atoms with van der Waals surface area (Å²) < 4.78 is 5.84. The number of nitrogens with one attached hydrogen (secondary N) is 1. The summed E-state index contributed by atoms with van der Waals surface area (Å²) in [5.74, 6) is 0.0863. The second kappa shape index (κ2) is 6.90. The van der Waals surface area contributed by atoms with Crippen LogP contribution in [0.2, 0.25) is 0 Å². The van der Waals surface area contributed by atoms with E-state index >= 15 is 0 Å². The van der Waals surface area contributed by atoms with Gasteiger partial charge < -0.3 is 9.84 Å². The molecule has 108 valence electrons. The number of phenols is 1. The lowest BCUT2D eigenvalue weighted by Crippen LogP contribution is -2.17. The Balaban J connectivity index is 2.00. The summed E-state index contributed by atoms with van der Waals surface area (Å²) in [7, 11) is 1.47. The molecule has 0 atom stereocenters. The number of amides is 1. The Bertz CT molecular complexity index is 669. The van der Waals surface area contributed by atoms with Crippen LogP contribution < -0.4 is 10.2 Å². The SMILES string of the molecule is COc1ccc(C=NNC(=O)c2ccc(Br)cc2)cc1O. The largest absolute Gasteiger partial charge is 0.504 e. The van der Waals surface area contributed by atoms with Gasteiger partial charge in [-0.05, 0) is 48.0 Å². The standard InChI is InChI=1S/C15H13BrN2O3/c1-21-14-7-2-10(8-13(14)19)9-17-18-15(20)11-3-5-12(16)6-4-11/h2-9,19H,1H3,(H,18,20). The Morgan fingerprint density at radius 1 is 1.29 bits per heavy atom. The summed E-state index contributed by atoms with van der Waals surface area (Å²) in [6.45, 7) is 0. The van der Waals surface area contributed by atoms with Crippen molar-refractivity contribution in [3.05, 3.63) is 58.1 Å². The first kappa shape index (κ1) is 15.1. The molecule has 21 heavy (non-hydrogen) atoms. The highest BCUT2D eigenvalue weighted by atomic mass is 79.9. The Morgan fingerprint density at radius 2 is 2.00 bits per heavy atom. The van der Waals surface area contributed by atoms with E-state index in [1.54, 1.807) is 36.4 Å². The van der Waals surface area contributed by atoms with Gasteiger partial charge in [0.05, 0.1) is 13.3 Å². The second-order valence-corrected chi connectivity index (χ2v) is 5.05. The fraction of sp³-hybridized carbons (Fsp3) is 0.0667. The summed E-state index contributed by atoms with van der Waals surface area (Å²) in [6, 6.07) is 11.8. The van der Waals surface area contributed by atoms with Crippen molar-refractivity contribution in [2.75, 3.05) is 7.11 Å². The van der Waals surface area contributed by atoms with Crippen LogP contribution in [-0.2, 0) is 0 Å². The predicted octanol–water partition coefficient (Wildman–Crippen LogP) is 2.93. The predicted molar refractivity (Wildman–Crippen MR) is 83.9 cm³/mol. The van der Waals surface area contributed by atoms with Crippen molar-refractivity contribution in [3.8, 4) is 11.5 Å². The minimum Gasteiger partial charge on any atom is -0.504 e. The minimum absolute atomic E-state index is 0.0145. The van der Waals surface area contributed by atoms with Crippen molar-refractivity contribution >= 4 is 28.1 Å². The van der Waals surface area contributed by atoms with E-state index in [0.717, 1.165) is 4.47 Å². The molecule has 0 unspecified atom stereocenters. The second-order valence-electron chi connectivity index (χ2n) is 4.14. The van der Waals surface area contributed by atoms with E-state index < -0.39 is 0 Å². The van der Waals surface area contributed by atoms with E-state index in [1.165, 1.54) is 19.4 Å². The third-order valence-corrected chi connectivity index (χ3v) is 3.22. The third kappa shape index (κ3) is 4.06. The van der Waals surface area contributed by atoms with Crippen molar-refractivity contribution in [1.29, 1.82) is 0 Å². The molecule has 0 saturated heterocycles. The number of hydrazone groups is 1. The Morgan fingerprint density at radius 3 is 2.62 bits per heavy atom.